The fourth-order valence-electron chi connectivity index (χ4n) is 2.44. The molecule has 1 aromatic carbocycles. The molecular weight excluding hydrogens is 420 g/mol. The molecule has 0 spiro atoms. The highest BCUT2D eigenvalue weighted by molar-refractivity contribution is 8.26. The van der Waals surface area contributed by atoms with E-state index in [2.05, 4.69) is 10.3 Å². The van der Waals surface area contributed by atoms with Gasteiger partial charge in [0.1, 0.15) is 4.32 Å². The highest BCUT2D eigenvalue weighted by atomic mass is 32.2. The largest absolute Gasteiger partial charge is 0.302 e. The van der Waals surface area contributed by atoms with Gasteiger partial charge in [0.25, 0.3) is 11.6 Å². The maximum absolute atomic E-state index is 12.6. The third kappa shape index (κ3) is 5.00. The first kappa shape index (κ1) is 20.1. The van der Waals surface area contributed by atoms with Crippen LogP contribution in [0.3, 0.4) is 0 Å². The van der Waals surface area contributed by atoms with Crippen LogP contribution in [0.4, 0.5) is 10.8 Å². The van der Waals surface area contributed by atoms with Crippen LogP contribution in [-0.2, 0) is 9.59 Å². The van der Waals surface area contributed by atoms with Crippen LogP contribution in [0.2, 0.25) is 0 Å². The first-order chi connectivity index (χ1) is 13.4. The first-order valence-corrected chi connectivity index (χ1v) is 10.2. The SMILES string of the molecule is O=C(CCCN1C(=O)/C(=C/c2cccc([N+](=O)[O-])c2)SC1=S)Nc1nccs1. The number of nitro groups is 1. The molecule has 0 aliphatic carbocycles. The van der Waals surface area contributed by atoms with Crippen molar-refractivity contribution in [2.75, 3.05) is 11.9 Å². The van der Waals surface area contributed by atoms with Crippen molar-refractivity contribution in [2.45, 2.75) is 12.8 Å². The molecule has 2 heterocycles. The molecule has 28 heavy (non-hydrogen) atoms. The molecule has 3 rings (SSSR count). The number of amides is 2. The summed E-state index contributed by atoms with van der Waals surface area (Å²) in [7, 11) is 0. The van der Waals surface area contributed by atoms with Crippen LogP contribution in [0.5, 0.6) is 0 Å². The Hall–Kier alpha value is -2.63. The standard InChI is InChI=1S/C17H14N4O4S3/c22-14(19-16-18-6-8-27-16)5-2-7-20-15(23)13(28-17(20)26)10-11-3-1-4-12(9-11)21(24)25/h1,3-4,6,8-10H,2,5,7H2,(H,18,19,22)/b13-10-. The van der Waals surface area contributed by atoms with Gasteiger partial charge in [-0.2, -0.15) is 0 Å². The fraction of sp³-hybridized carbons (Fsp3) is 0.176. The first-order valence-electron chi connectivity index (χ1n) is 8.13. The van der Waals surface area contributed by atoms with Crippen molar-refractivity contribution in [3.8, 4) is 0 Å². The Morgan fingerprint density at radius 2 is 2.25 bits per heavy atom. The Kier molecular flexibility index (Phi) is 6.49. The monoisotopic (exact) mass is 434 g/mol. The second-order valence-corrected chi connectivity index (χ2v) is 8.24. The Morgan fingerprint density at radius 1 is 1.43 bits per heavy atom. The molecule has 8 nitrogen and oxygen atoms in total. The molecule has 0 atom stereocenters. The van der Waals surface area contributed by atoms with E-state index in [9.17, 15) is 19.7 Å². The van der Waals surface area contributed by atoms with Crippen LogP contribution in [0.1, 0.15) is 18.4 Å². The van der Waals surface area contributed by atoms with Crippen LogP contribution >= 0.6 is 35.3 Å². The maximum atomic E-state index is 12.6. The molecule has 1 aromatic heterocycles. The summed E-state index contributed by atoms with van der Waals surface area (Å²) in [6, 6.07) is 6.03. The molecule has 1 saturated heterocycles. The van der Waals surface area contributed by atoms with Gasteiger partial charge in [-0.05, 0) is 18.1 Å². The van der Waals surface area contributed by atoms with Crippen LogP contribution in [-0.4, -0.2) is 37.5 Å². The lowest BCUT2D eigenvalue weighted by atomic mass is 10.2. The average molecular weight is 435 g/mol. The van der Waals surface area contributed by atoms with Crippen molar-refractivity contribution >= 4 is 68.3 Å². The predicted molar refractivity (Wildman–Crippen MR) is 113 cm³/mol. The van der Waals surface area contributed by atoms with Gasteiger partial charge in [-0.15, -0.1) is 11.3 Å². The van der Waals surface area contributed by atoms with Gasteiger partial charge >= 0.3 is 0 Å². The number of hydrogen-bond acceptors (Lipinski definition) is 8. The molecule has 11 heteroatoms. The Morgan fingerprint density at radius 3 is 2.96 bits per heavy atom. The number of hydrogen-bond donors (Lipinski definition) is 1. The number of benzene rings is 1. The van der Waals surface area contributed by atoms with E-state index in [4.69, 9.17) is 12.2 Å². The number of non-ortho nitro benzene ring substituents is 1. The lowest BCUT2D eigenvalue weighted by Gasteiger charge is -2.13. The fourth-order valence-corrected chi connectivity index (χ4v) is 4.29. The quantitative estimate of drug-likeness (QED) is 0.307. The van der Waals surface area contributed by atoms with Gasteiger partial charge in [-0.1, -0.05) is 36.1 Å². The van der Waals surface area contributed by atoms with E-state index in [1.54, 1.807) is 29.8 Å². The molecule has 2 amide bonds. The van der Waals surface area contributed by atoms with Gasteiger partial charge in [0, 0.05) is 36.7 Å². The van der Waals surface area contributed by atoms with Gasteiger partial charge in [0.05, 0.1) is 9.83 Å². The molecule has 0 bridgehead atoms. The van der Waals surface area contributed by atoms with Crippen molar-refractivity contribution < 1.29 is 14.5 Å². The van der Waals surface area contributed by atoms with E-state index in [1.165, 1.54) is 28.4 Å². The van der Waals surface area contributed by atoms with E-state index >= 15 is 0 Å². The lowest BCUT2D eigenvalue weighted by Crippen LogP contribution is -2.29. The number of thiazole rings is 1. The Balaban J connectivity index is 1.58. The number of nitro benzene ring substituents is 1. The molecule has 1 N–H and O–H groups in total. The van der Waals surface area contributed by atoms with Crippen molar-refractivity contribution in [1.29, 1.82) is 0 Å². The van der Waals surface area contributed by atoms with Crippen LogP contribution in [0.15, 0.2) is 40.7 Å². The third-order valence-corrected chi connectivity index (χ3v) is 5.78. The van der Waals surface area contributed by atoms with E-state index < -0.39 is 4.92 Å². The zero-order valence-corrected chi connectivity index (χ0v) is 16.8. The zero-order valence-electron chi connectivity index (χ0n) is 14.4. The smallest absolute Gasteiger partial charge is 0.270 e. The molecule has 0 saturated carbocycles. The molecule has 1 fully saturated rings. The number of thioether (sulfide) groups is 1. The summed E-state index contributed by atoms with van der Waals surface area (Å²) in [5, 5.41) is 15.9. The minimum absolute atomic E-state index is 0.0459. The van der Waals surface area contributed by atoms with E-state index in [0.717, 1.165) is 11.8 Å². The summed E-state index contributed by atoms with van der Waals surface area (Å²) in [5.74, 6) is -0.436. The van der Waals surface area contributed by atoms with Gasteiger partial charge in [0.2, 0.25) is 5.91 Å². The van der Waals surface area contributed by atoms with Crippen molar-refractivity contribution in [2.24, 2.45) is 0 Å². The number of thiocarbonyl (C=S) groups is 1. The minimum Gasteiger partial charge on any atom is -0.302 e. The van der Waals surface area contributed by atoms with Crippen molar-refractivity contribution in [1.82, 2.24) is 9.88 Å². The van der Waals surface area contributed by atoms with Crippen molar-refractivity contribution in [3.05, 3.63) is 56.4 Å². The topological polar surface area (TPSA) is 105 Å². The molecule has 144 valence electrons. The van der Waals surface area contributed by atoms with Crippen LogP contribution in [0.25, 0.3) is 6.08 Å². The predicted octanol–water partition coefficient (Wildman–Crippen LogP) is 3.67. The third-order valence-electron chi connectivity index (χ3n) is 3.72. The van der Waals surface area contributed by atoms with Gasteiger partial charge < -0.3 is 5.32 Å². The van der Waals surface area contributed by atoms with Crippen LogP contribution < -0.4 is 5.32 Å². The normalized spacial score (nSPS) is 15.3. The van der Waals surface area contributed by atoms with E-state index in [0.29, 0.717) is 32.9 Å². The molecule has 1 aliphatic heterocycles. The average Bonchev–Trinajstić information content (AvgIpc) is 3.25. The van der Waals surface area contributed by atoms with E-state index in [1.807, 2.05) is 0 Å². The van der Waals surface area contributed by atoms with Crippen molar-refractivity contribution in [3.63, 3.8) is 0 Å². The molecule has 1 aliphatic rings. The van der Waals surface area contributed by atoms with Gasteiger partial charge in [0.15, 0.2) is 5.13 Å². The second kappa shape index (κ2) is 9.04. The maximum Gasteiger partial charge on any atom is 0.270 e. The number of carbonyl (C=O) groups is 2. The molecular formula is C17H14N4O4S3. The second-order valence-electron chi connectivity index (χ2n) is 5.67. The number of nitrogens with zero attached hydrogens (tertiary/aromatic N) is 3. The zero-order chi connectivity index (χ0) is 20.1. The molecule has 0 unspecified atom stereocenters. The summed E-state index contributed by atoms with van der Waals surface area (Å²) in [6.45, 7) is 0.322. The summed E-state index contributed by atoms with van der Waals surface area (Å²) < 4.78 is 0.405. The van der Waals surface area contributed by atoms with Gasteiger partial charge in [-0.25, -0.2) is 4.98 Å². The number of aromatic nitrogens is 1. The summed E-state index contributed by atoms with van der Waals surface area (Å²) in [5.41, 5.74) is 0.507. The minimum atomic E-state index is -0.487. The Bertz CT molecular complexity index is 959. The van der Waals surface area contributed by atoms with Gasteiger partial charge in [-0.3, -0.25) is 24.6 Å². The molecule has 0 radical (unpaired) electrons. The molecule has 2 aromatic rings. The summed E-state index contributed by atoms with van der Waals surface area (Å²) >= 11 is 7.74. The highest BCUT2D eigenvalue weighted by Gasteiger charge is 2.31. The number of carbonyl (C=O) groups excluding carboxylic acids is 2. The number of rotatable bonds is 7. The number of anilines is 1. The summed E-state index contributed by atoms with van der Waals surface area (Å²) in [6.07, 6.45) is 3.88. The van der Waals surface area contributed by atoms with Crippen LogP contribution in [0, 0.1) is 10.1 Å². The highest BCUT2D eigenvalue weighted by Crippen LogP contribution is 2.33. The Labute approximate surface area is 173 Å². The summed E-state index contributed by atoms with van der Waals surface area (Å²) in [4.78, 5) is 40.7. The lowest BCUT2D eigenvalue weighted by molar-refractivity contribution is -0.384. The van der Waals surface area contributed by atoms with E-state index in [-0.39, 0.29) is 23.9 Å². The number of nitrogens with one attached hydrogen (secondary N) is 1.